The summed E-state index contributed by atoms with van der Waals surface area (Å²) in [5.41, 5.74) is -0.858. The fraction of sp³-hybridized carbons (Fsp3) is 0.333. The Balaban J connectivity index is 2.67. The topological polar surface area (TPSA) is 43.4 Å². The summed E-state index contributed by atoms with van der Waals surface area (Å²) in [6.45, 7) is -0.298. The van der Waals surface area contributed by atoms with Crippen molar-refractivity contribution in [2.75, 3.05) is 12.4 Å². The number of rotatable bonds is 4. The summed E-state index contributed by atoms with van der Waals surface area (Å²) < 4.78 is 62.9. The third-order valence-electron chi connectivity index (χ3n) is 1.76. The zero-order valence-corrected chi connectivity index (χ0v) is 9.94. The molecule has 0 unspecified atom stereocenters. The minimum absolute atomic E-state index is 0.0554. The highest BCUT2D eigenvalue weighted by Gasteiger charge is 2.30. The molecule has 0 aliphatic rings. The first kappa shape index (κ1) is 14.1. The molecule has 0 N–H and O–H groups in total. The number of benzene rings is 1. The van der Waals surface area contributed by atoms with Crippen molar-refractivity contribution in [3.05, 3.63) is 29.8 Å². The maximum atomic E-state index is 12.3. The summed E-state index contributed by atoms with van der Waals surface area (Å²) in [5, 5.41) is 0. The quantitative estimate of drug-likeness (QED) is 0.800. The van der Waals surface area contributed by atoms with Crippen LogP contribution in [0.5, 0.6) is 5.75 Å². The lowest BCUT2D eigenvalue weighted by Gasteiger charge is -2.09. The molecule has 0 saturated carbocycles. The molecule has 0 aliphatic carbocycles. The number of hydrogen-bond acceptors (Lipinski definition) is 3. The largest absolute Gasteiger partial charge is 0.492 e. The van der Waals surface area contributed by atoms with E-state index in [1.165, 1.54) is 12.1 Å². The average molecular weight is 289 g/mol. The Morgan fingerprint density at radius 3 is 2.47 bits per heavy atom. The summed E-state index contributed by atoms with van der Waals surface area (Å²) in [5.74, 6) is -0.523. The van der Waals surface area contributed by atoms with E-state index in [2.05, 4.69) is 0 Å². The first-order valence-electron chi connectivity index (χ1n) is 4.41. The fourth-order valence-corrected chi connectivity index (χ4v) is 1.49. The van der Waals surface area contributed by atoms with Gasteiger partial charge >= 0.3 is 6.18 Å². The third kappa shape index (κ3) is 5.27. The van der Waals surface area contributed by atoms with Crippen LogP contribution in [0.3, 0.4) is 0 Å². The van der Waals surface area contributed by atoms with Crippen LogP contribution in [0.4, 0.5) is 13.2 Å². The Bertz CT molecular complexity index is 485. The second-order valence-electron chi connectivity index (χ2n) is 3.12. The fourth-order valence-electron chi connectivity index (χ4n) is 1.02. The van der Waals surface area contributed by atoms with Gasteiger partial charge in [-0.2, -0.15) is 13.2 Å². The molecular weight excluding hydrogens is 281 g/mol. The summed E-state index contributed by atoms with van der Waals surface area (Å²) in [7, 11) is 1.21. The molecule has 0 fully saturated rings. The van der Waals surface area contributed by atoms with Gasteiger partial charge in [-0.1, -0.05) is 6.07 Å². The standard InChI is InChI=1S/C9H8ClF3O3S/c10-17(14,15)5-4-16-8-3-1-2-7(6-8)9(11,12)13/h1-3,6H,4-5H2. The van der Waals surface area contributed by atoms with Crippen molar-refractivity contribution >= 4 is 19.7 Å². The molecule has 3 nitrogen and oxygen atoms in total. The first-order chi connectivity index (χ1) is 7.68. The van der Waals surface area contributed by atoms with Gasteiger partial charge in [0.2, 0.25) is 9.05 Å². The molecule has 0 aliphatic heterocycles. The molecule has 0 spiro atoms. The normalized spacial score (nSPS) is 12.5. The van der Waals surface area contributed by atoms with Crippen molar-refractivity contribution in [3.63, 3.8) is 0 Å². The number of hydrogen-bond donors (Lipinski definition) is 0. The van der Waals surface area contributed by atoms with Crippen molar-refractivity contribution in [3.8, 4) is 5.75 Å². The van der Waals surface area contributed by atoms with E-state index in [-0.39, 0.29) is 12.4 Å². The molecule has 0 radical (unpaired) electrons. The molecule has 0 aromatic heterocycles. The van der Waals surface area contributed by atoms with Gasteiger partial charge in [0.05, 0.1) is 11.3 Å². The smallest absolute Gasteiger partial charge is 0.416 e. The number of ether oxygens (including phenoxy) is 1. The maximum Gasteiger partial charge on any atom is 0.416 e. The Morgan fingerprint density at radius 2 is 1.94 bits per heavy atom. The molecule has 0 amide bonds. The van der Waals surface area contributed by atoms with Crippen LogP contribution in [0, 0.1) is 0 Å². The number of alkyl halides is 3. The van der Waals surface area contributed by atoms with Gasteiger partial charge in [-0.25, -0.2) is 8.42 Å². The maximum absolute atomic E-state index is 12.3. The second-order valence-corrected chi connectivity index (χ2v) is 6.01. The van der Waals surface area contributed by atoms with Crippen molar-refractivity contribution in [1.29, 1.82) is 0 Å². The Kier molecular flexibility index (Phi) is 4.26. The molecule has 0 saturated heterocycles. The van der Waals surface area contributed by atoms with Gasteiger partial charge in [-0.3, -0.25) is 0 Å². The van der Waals surface area contributed by atoms with Crippen LogP contribution < -0.4 is 4.74 Å². The lowest BCUT2D eigenvalue weighted by molar-refractivity contribution is -0.137. The molecule has 96 valence electrons. The summed E-state index contributed by atoms with van der Waals surface area (Å²) in [6, 6.07) is 4.16. The summed E-state index contributed by atoms with van der Waals surface area (Å²) in [4.78, 5) is 0. The highest BCUT2D eigenvalue weighted by Crippen LogP contribution is 2.31. The van der Waals surface area contributed by atoms with Crippen LogP contribution in [-0.2, 0) is 15.2 Å². The van der Waals surface area contributed by atoms with Gasteiger partial charge in [0.15, 0.2) is 0 Å². The van der Waals surface area contributed by atoms with E-state index >= 15 is 0 Å². The van der Waals surface area contributed by atoms with E-state index in [0.29, 0.717) is 0 Å². The van der Waals surface area contributed by atoms with Gasteiger partial charge in [0.1, 0.15) is 12.4 Å². The molecule has 0 bridgehead atoms. The zero-order valence-electron chi connectivity index (χ0n) is 8.37. The van der Waals surface area contributed by atoms with E-state index in [1.54, 1.807) is 0 Å². The molecule has 1 rings (SSSR count). The Hall–Kier alpha value is -0.950. The first-order valence-corrected chi connectivity index (χ1v) is 6.89. The van der Waals surface area contributed by atoms with Crippen molar-refractivity contribution in [2.24, 2.45) is 0 Å². The molecule has 0 atom stereocenters. The lowest BCUT2D eigenvalue weighted by atomic mass is 10.2. The van der Waals surface area contributed by atoms with Gasteiger partial charge in [-0.05, 0) is 18.2 Å². The van der Waals surface area contributed by atoms with Crippen molar-refractivity contribution < 1.29 is 26.3 Å². The highest BCUT2D eigenvalue weighted by molar-refractivity contribution is 8.13. The van der Waals surface area contributed by atoms with Crippen LogP contribution >= 0.6 is 10.7 Å². The Morgan fingerprint density at radius 1 is 1.29 bits per heavy atom. The minimum Gasteiger partial charge on any atom is -0.492 e. The van der Waals surface area contributed by atoms with E-state index in [4.69, 9.17) is 15.4 Å². The van der Waals surface area contributed by atoms with Gasteiger partial charge in [0, 0.05) is 10.7 Å². The van der Waals surface area contributed by atoms with E-state index in [0.717, 1.165) is 12.1 Å². The second kappa shape index (κ2) is 5.14. The summed E-state index contributed by atoms with van der Waals surface area (Å²) >= 11 is 0. The van der Waals surface area contributed by atoms with E-state index in [1.807, 2.05) is 0 Å². The zero-order chi connectivity index (χ0) is 13.1. The van der Waals surface area contributed by atoms with E-state index < -0.39 is 26.5 Å². The van der Waals surface area contributed by atoms with Crippen LogP contribution in [-0.4, -0.2) is 20.8 Å². The molecular formula is C9H8ClF3O3S. The van der Waals surface area contributed by atoms with Gasteiger partial charge in [-0.15, -0.1) is 0 Å². The molecule has 0 heterocycles. The molecule has 17 heavy (non-hydrogen) atoms. The van der Waals surface area contributed by atoms with Crippen molar-refractivity contribution in [1.82, 2.24) is 0 Å². The third-order valence-corrected chi connectivity index (χ3v) is 2.87. The van der Waals surface area contributed by atoms with Crippen LogP contribution in [0.25, 0.3) is 0 Å². The van der Waals surface area contributed by atoms with Crippen LogP contribution in [0.1, 0.15) is 5.56 Å². The van der Waals surface area contributed by atoms with Crippen molar-refractivity contribution in [2.45, 2.75) is 6.18 Å². The van der Waals surface area contributed by atoms with Crippen LogP contribution in [0.15, 0.2) is 24.3 Å². The van der Waals surface area contributed by atoms with Gasteiger partial charge in [0.25, 0.3) is 0 Å². The predicted octanol–water partition coefficient (Wildman–Crippen LogP) is 2.65. The van der Waals surface area contributed by atoms with E-state index in [9.17, 15) is 21.6 Å². The molecule has 8 heteroatoms. The minimum atomic E-state index is -4.46. The highest BCUT2D eigenvalue weighted by atomic mass is 35.7. The molecule has 1 aromatic carbocycles. The monoisotopic (exact) mass is 288 g/mol. The summed E-state index contributed by atoms with van der Waals surface area (Å²) in [6.07, 6.45) is -4.46. The Labute approximate surface area is 101 Å². The van der Waals surface area contributed by atoms with Crippen LogP contribution in [0.2, 0.25) is 0 Å². The average Bonchev–Trinajstić information content (AvgIpc) is 2.15. The van der Waals surface area contributed by atoms with Gasteiger partial charge < -0.3 is 4.74 Å². The number of halogens is 4. The lowest BCUT2D eigenvalue weighted by Crippen LogP contribution is -2.10. The predicted molar refractivity (Wildman–Crippen MR) is 56.6 cm³/mol. The SMILES string of the molecule is O=S(=O)(Cl)CCOc1cccc(C(F)(F)F)c1. The molecule has 1 aromatic rings.